The van der Waals surface area contributed by atoms with Crippen LogP contribution in [0.15, 0.2) is 174 Å². The Balaban J connectivity index is 1.18. The van der Waals surface area contributed by atoms with Crippen molar-refractivity contribution in [2.75, 3.05) is 0 Å². The maximum absolute atomic E-state index is 8.59. The van der Waals surface area contributed by atoms with Gasteiger partial charge in [0, 0.05) is 39.0 Å². The molecule has 0 atom stereocenters. The molecule has 0 radical (unpaired) electrons. The van der Waals surface area contributed by atoms with Crippen LogP contribution in [-0.2, 0) is 5.41 Å². The molecule has 53 heavy (non-hydrogen) atoms. The van der Waals surface area contributed by atoms with Crippen molar-refractivity contribution in [3.8, 4) is 50.3 Å². The van der Waals surface area contributed by atoms with Crippen molar-refractivity contribution in [2.45, 2.75) is 19.3 Å². The van der Waals surface area contributed by atoms with Crippen LogP contribution in [0.3, 0.4) is 0 Å². The van der Waals surface area contributed by atoms with Gasteiger partial charge in [0.15, 0.2) is 0 Å². The molecule has 3 heterocycles. The van der Waals surface area contributed by atoms with E-state index in [-0.39, 0.29) is 35.1 Å². The number of hydrogen-bond donors (Lipinski definition) is 0. The summed E-state index contributed by atoms with van der Waals surface area (Å²) in [5, 5.41) is 3.84. The van der Waals surface area contributed by atoms with Crippen molar-refractivity contribution < 1.29 is 11.3 Å². The van der Waals surface area contributed by atoms with E-state index in [1.165, 1.54) is 27.8 Å². The van der Waals surface area contributed by atoms with E-state index in [1.807, 2.05) is 36.5 Å². The van der Waals surface area contributed by atoms with E-state index in [0.29, 0.717) is 11.1 Å². The number of benzene rings is 7. The molecule has 3 heteroatoms. The van der Waals surface area contributed by atoms with Crippen LogP contribution in [0.25, 0.3) is 94.1 Å². The summed E-state index contributed by atoms with van der Waals surface area (Å²) in [6.45, 7) is 4.64. The predicted octanol–water partition coefficient (Wildman–Crippen LogP) is 13.4. The summed E-state index contributed by atoms with van der Waals surface area (Å²) in [6, 6.07) is 44.7. The Bertz CT molecular complexity index is 3340. The summed E-state index contributed by atoms with van der Waals surface area (Å²) in [6.07, 6.45) is 1.85. The van der Waals surface area contributed by atoms with E-state index in [0.717, 1.165) is 60.7 Å². The Morgan fingerprint density at radius 3 is 2.19 bits per heavy atom. The summed E-state index contributed by atoms with van der Waals surface area (Å²) in [5.74, 6) is 0. The Morgan fingerprint density at radius 1 is 0.585 bits per heavy atom. The molecule has 0 saturated heterocycles. The van der Waals surface area contributed by atoms with Gasteiger partial charge < -0.3 is 8.98 Å². The average Bonchev–Trinajstić information content (AvgIpc) is 3.87. The van der Waals surface area contributed by atoms with Gasteiger partial charge in [0.1, 0.15) is 11.2 Å². The number of pyridine rings is 1. The van der Waals surface area contributed by atoms with E-state index in [9.17, 15) is 0 Å². The third-order valence-electron chi connectivity index (χ3n) is 11.1. The van der Waals surface area contributed by atoms with Crippen LogP contribution >= 0.6 is 0 Å². The molecule has 0 N–H and O–H groups in total. The van der Waals surface area contributed by atoms with Gasteiger partial charge in [-0.05, 0) is 111 Å². The first-order chi connectivity index (χ1) is 28.1. The Labute approximate surface area is 314 Å². The first-order valence-corrected chi connectivity index (χ1v) is 17.9. The Kier molecular flexibility index (Phi) is 5.31. The lowest BCUT2D eigenvalue weighted by Crippen LogP contribution is -2.16. The second-order valence-electron chi connectivity index (χ2n) is 14.4. The van der Waals surface area contributed by atoms with E-state index >= 15 is 0 Å². The summed E-state index contributed by atoms with van der Waals surface area (Å²) in [7, 11) is 0. The van der Waals surface area contributed by atoms with Crippen molar-refractivity contribution in [1.29, 1.82) is 0 Å². The standard InChI is InChI=1S/C50H34N2O/c1-50(2)42-18-10-9-17-36(42)41-28-34(43-19-11-12-26-51-43)27-40(48(41)50)33-21-23-39-45(29-33)52(35-15-7-4-8-16-35)44-25-24-38-37-22-20-32(31-13-5-3-6-14-31)30-46(37)53-49(38)47(39)44/h3-30H,1-2H3/i3D,5D,6D,13D,14D. The first kappa shape index (κ1) is 25.3. The Morgan fingerprint density at radius 2 is 1.34 bits per heavy atom. The normalized spacial score (nSPS) is 14.6. The molecule has 0 aliphatic heterocycles. The van der Waals surface area contributed by atoms with Crippen LogP contribution in [0, 0.1) is 0 Å². The molecule has 10 aromatic rings. The highest BCUT2D eigenvalue weighted by molar-refractivity contribution is 6.24. The van der Waals surface area contributed by atoms with Crippen molar-refractivity contribution in [2.24, 2.45) is 0 Å². The number of fused-ring (bicyclic) bond motifs is 10. The van der Waals surface area contributed by atoms with E-state index in [2.05, 4.69) is 115 Å². The fourth-order valence-corrected chi connectivity index (χ4v) is 8.74. The van der Waals surface area contributed by atoms with Gasteiger partial charge in [0.2, 0.25) is 0 Å². The van der Waals surface area contributed by atoms with Gasteiger partial charge in [-0.3, -0.25) is 4.98 Å². The minimum Gasteiger partial charge on any atom is -0.455 e. The molecule has 3 nitrogen and oxygen atoms in total. The third-order valence-corrected chi connectivity index (χ3v) is 11.1. The van der Waals surface area contributed by atoms with Gasteiger partial charge in [-0.1, -0.05) is 111 Å². The number of aromatic nitrogens is 2. The van der Waals surface area contributed by atoms with Crippen LogP contribution in [0.1, 0.15) is 31.8 Å². The fraction of sp³-hybridized carbons (Fsp3) is 0.0600. The highest BCUT2D eigenvalue weighted by atomic mass is 16.3. The quantitative estimate of drug-likeness (QED) is 0.185. The van der Waals surface area contributed by atoms with E-state index in [4.69, 9.17) is 16.3 Å². The van der Waals surface area contributed by atoms with Crippen LogP contribution in [0.4, 0.5) is 0 Å². The highest BCUT2D eigenvalue weighted by Crippen LogP contribution is 2.54. The summed E-state index contributed by atoms with van der Waals surface area (Å²) >= 11 is 0. The monoisotopic (exact) mass is 683 g/mol. The van der Waals surface area contributed by atoms with E-state index < -0.39 is 6.04 Å². The first-order valence-electron chi connectivity index (χ1n) is 20.4. The van der Waals surface area contributed by atoms with Gasteiger partial charge in [-0.2, -0.15) is 0 Å². The molecule has 0 spiro atoms. The lowest BCUT2D eigenvalue weighted by atomic mass is 9.78. The zero-order valence-electron chi connectivity index (χ0n) is 34.1. The number of rotatable bonds is 4. The molecule has 3 aromatic heterocycles. The van der Waals surface area contributed by atoms with Crippen molar-refractivity contribution in [1.82, 2.24) is 9.55 Å². The molecular weight excluding hydrogens is 645 g/mol. The van der Waals surface area contributed by atoms with Gasteiger partial charge in [0.25, 0.3) is 0 Å². The summed E-state index contributed by atoms with van der Waals surface area (Å²) in [5.41, 5.74) is 14.1. The zero-order chi connectivity index (χ0) is 39.6. The summed E-state index contributed by atoms with van der Waals surface area (Å²) in [4.78, 5) is 4.77. The lowest BCUT2D eigenvalue weighted by Gasteiger charge is -2.25. The van der Waals surface area contributed by atoms with Gasteiger partial charge >= 0.3 is 0 Å². The van der Waals surface area contributed by atoms with Crippen LogP contribution < -0.4 is 0 Å². The molecular formula is C50H34N2O. The van der Waals surface area contributed by atoms with Gasteiger partial charge in [-0.25, -0.2) is 0 Å². The smallest absolute Gasteiger partial charge is 0.145 e. The van der Waals surface area contributed by atoms with Crippen molar-refractivity contribution >= 4 is 43.7 Å². The van der Waals surface area contributed by atoms with Crippen LogP contribution in [0.5, 0.6) is 0 Å². The SMILES string of the molecule is [2H]c1c([2H])c([2H])c(-c2ccc3c(c2)oc2c3ccc3c2c2ccc(-c4cc(-c5ccccn5)cc5c4C(C)(C)c4ccccc4-5)cc2n3-c2ccccc2)c([2H])c1[2H]. The topological polar surface area (TPSA) is 31.0 Å². The molecule has 0 amide bonds. The highest BCUT2D eigenvalue weighted by Gasteiger charge is 2.38. The second kappa shape index (κ2) is 11.1. The van der Waals surface area contributed by atoms with Crippen LogP contribution in [-0.4, -0.2) is 9.55 Å². The maximum atomic E-state index is 8.59. The molecule has 1 aliphatic rings. The molecule has 0 fully saturated rings. The molecule has 250 valence electrons. The van der Waals surface area contributed by atoms with Gasteiger partial charge in [0.05, 0.1) is 29.0 Å². The average molecular weight is 684 g/mol. The molecule has 0 unspecified atom stereocenters. The minimum absolute atomic E-state index is 0.150. The lowest BCUT2D eigenvalue weighted by molar-refractivity contribution is 0.662. The van der Waals surface area contributed by atoms with Gasteiger partial charge in [-0.15, -0.1) is 0 Å². The van der Waals surface area contributed by atoms with Crippen molar-refractivity contribution in [3.63, 3.8) is 0 Å². The molecule has 0 saturated carbocycles. The largest absolute Gasteiger partial charge is 0.455 e. The maximum Gasteiger partial charge on any atom is 0.145 e. The van der Waals surface area contributed by atoms with E-state index in [1.54, 1.807) is 6.07 Å². The third kappa shape index (κ3) is 4.37. The molecule has 11 rings (SSSR count). The predicted molar refractivity (Wildman–Crippen MR) is 220 cm³/mol. The van der Waals surface area contributed by atoms with Crippen molar-refractivity contribution in [3.05, 3.63) is 181 Å². The molecule has 0 bridgehead atoms. The molecule has 1 aliphatic carbocycles. The Hall–Kier alpha value is -6.71. The fourth-order valence-electron chi connectivity index (χ4n) is 8.74. The minimum atomic E-state index is -0.414. The summed E-state index contributed by atoms with van der Waals surface area (Å²) < 4.78 is 50.8. The number of furan rings is 1. The number of nitrogens with zero attached hydrogens (tertiary/aromatic N) is 2. The number of para-hydroxylation sites is 1. The zero-order valence-corrected chi connectivity index (χ0v) is 29.1. The number of hydrogen-bond acceptors (Lipinski definition) is 2. The molecule has 7 aromatic carbocycles. The van der Waals surface area contributed by atoms with Crippen LogP contribution in [0.2, 0.25) is 0 Å². The second-order valence-corrected chi connectivity index (χ2v) is 14.4.